The minimum absolute atomic E-state index is 0.322. The van der Waals surface area contributed by atoms with E-state index in [9.17, 15) is 14.7 Å². The summed E-state index contributed by atoms with van der Waals surface area (Å²) in [6.45, 7) is 5.66. The molecular weight excluding hydrogens is 274 g/mol. The first-order valence-electron chi connectivity index (χ1n) is 7.54. The SMILES string of the molecule is CC1CCCCN1CCCNC(=O)NCC(C)(O)C(=O)O. The van der Waals surface area contributed by atoms with Crippen LogP contribution in [0.4, 0.5) is 4.79 Å². The highest BCUT2D eigenvalue weighted by Gasteiger charge is 2.30. The van der Waals surface area contributed by atoms with E-state index in [1.165, 1.54) is 19.3 Å². The van der Waals surface area contributed by atoms with Gasteiger partial charge in [-0.25, -0.2) is 9.59 Å². The number of hydrogen-bond donors (Lipinski definition) is 4. The largest absolute Gasteiger partial charge is 0.479 e. The third-order valence-corrected chi connectivity index (χ3v) is 3.90. The molecule has 0 bridgehead atoms. The van der Waals surface area contributed by atoms with Gasteiger partial charge in [-0.2, -0.15) is 0 Å². The molecule has 0 aromatic carbocycles. The highest BCUT2D eigenvalue weighted by molar-refractivity contribution is 5.79. The molecule has 122 valence electrons. The lowest BCUT2D eigenvalue weighted by molar-refractivity contribution is -0.155. The fraction of sp³-hybridized carbons (Fsp3) is 0.857. The van der Waals surface area contributed by atoms with Crippen molar-refractivity contribution in [1.82, 2.24) is 15.5 Å². The Kier molecular flexibility index (Phi) is 6.91. The molecule has 1 saturated heterocycles. The summed E-state index contributed by atoms with van der Waals surface area (Å²) < 4.78 is 0. The predicted molar refractivity (Wildman–Crippen MR) is 79.2 cm³/mol. The molecule has 7 nitrogen and oxygen atoms in total. The van der Waals surface area contributed by atoms with Crippen LogP contribution in [0.25, 0.3) is 0 Å². The molecule has 1 fully saturated rings. The molecule has 0 aromatic heterocycles. The van der Waals surface area contributed by atoms with Crippen molar-refractivity contribution in [3.63, 3.8) is 0 Å². The summed E-state index contributed by atoms with van der Waals surface area (Å²) in [4.78, 5) is 24.6. The van der Waals surface area contributed by atoms with Crippen molar-refractivity contribution in [3.05, 3.63) is 0 Å². The van der Waals surface area contributed by atoms with Crippen molar-refractivity contribution < 1.29 is 19.8 Å². The zero-order valence-corrected chi connectivity index (χ0v) is 12.9. The van der Waals surface area contributed by atoms with Crippen LogP contribution in [0.5, 0.6) is 0 Å². The normalized spacial score (nSPS) is 22.3. The number of aliphatic carboxylic acids is 1. The number of nitrogens with one attached hydrogen (secondary N) is 2. The van der Waals surface area contributed by atoms with E-state index >= 15 is 0 Å². The molecule has 1 aliphatic heterocycles. The van der Waals surface area contributed by atoms with Gasteiger partial charge >= 0.3 is 12.0 Å². The number of carboxylic acid groups (broad SMARTS) is 1. The summed E-state index contributed by atoms with van der Waals surface area (Å²) >= 11 is 0. The smallest absolute Gasteiger partial charge is 0.337 e. The van der Waals surface area contributed by atoms with Gasteiger partial charge < -0.3 is 25.7 Å². The van der Waals surface area contributed by atoms with E-state index in [-0.39, 0.29) is 6.54 Å². The zero-order valence-electron chi connectivity index (χ0n) is 12.9. The van der Waals surface area contributed by atoms with Crippen molar-refractivity contribution >= 4 is 12.0 Å². The van der Waals surface area contributed by atoms with Gasteiger partial charge in [-0.15, -0.1) is 0 Å². The Bertz CT molecular complexity index is 360. The number of likely N-dealkylation sites (tertiary alicyclic amines) is 1. The van der Waals surface area contributed by atoms with Gasteiger partial charge in [-0.05, 0) is 39.7 Å². The van der Waals surface area contributed by atoms with Gasteiger partial charge in [0, 0.05) is 19.1 Å². The van der Waals surface area contributed by atoms with E-state index in [0.29, 0.717) is 12.6 Å². The van der Waals surface area contributed by atoms with Crippen molar-refractivity contribution in [2.24, 2.45) is 0 Å². The molecule has 0 radical (unpaired) electrons. The molecule has 4 N–H and O–H groups in total. The Morgan fingerprint density at radius 2 is 2.05 bits per heavy atom. The van der Waals surface area contributed by atoms with E-state index in [1.54, 1.807) is 0 Å². The Balaban J connectivity index is 2.12. The van der Waals surface area contributed by atoms with Gasteiger partial charge in [-0.1, -0.05) is 6.42 Å². The molecule has 2 unspecified atom stereocenters. The molecule has 1 aliphatic rings. The lowest BCUT2D eigenvalue weighted by atomic mass is 10.0. The van der Waals surface area contributed by atoms with Crippen molar-refractivity contribution in [3.8, 4) is 0 Å². The zero-order chi connectivity index (χ0) is 15.9. The van der Waals surface area contributed by atoms with Gasteiger partial charge in [0.25, 0.3) is 0 Å². The topological polar surface area (TPSA) is 102 Å². The highest BCUT2D eigenvalue weighted by atomic mass is 16.4. The maximum absolute atomic E-state index is 11.5. The Labute approximate surface area is 125 Å². The summed E-state index contributed by atoms with van der Waals surface area (Å²) in [5.41, 5.74) is -1.94. The summed E-state index contributed by atoms with van der Waals surface area (Å²) in [6.07, 6.45) is 4.62. The van der Waals surface area contributed by atoms with Crippen LogP contribution in [0.1, 0.15) is 39.5 Å². The fourth-order valence-corrected chi connectivity index (χ4v) is 2.36. The van der Waals surface area contributed by atoms with Gasteiger partial charge in [0.1, 0.15) is 0 Å². The van der Waals surface area contributed by atoms with Crippen molar-refractivity contribution in [1.29, 1.82) is 0 Å². The van der Waals surface area contributed by atoms with Crippen LogP contribution in [0, 0.1) is 0 Å². The molecule has 21 heavy (non-hydrogen) atoms. The molecule has 0 aromatic rings. The maximum Gasteiger partial charge on any atom is 0.337 e. The quantitative estimate of drug-likeness (QED) is 0.509. The lowest BCUT2D eigenvalue weighted by Crippen LogP contribution is -2.49. The van der Waals surface area contributed by atoms with Crippen LogP contribution >= 0.6 is 0 Å². The molecule has 1 rings (SSSR count). The average molecular weight is 301 g/mol. The third kappa shape index (κ3) is 6.31. The van der Waals surface area contributed by atoms with Crippen LogP contribution in [0.15, 0.2) is 0 Å². The van der Waals surface area contributed by atoms with Crippen LogP contribution in [0.3, 0.4) is 0 Å². The Morgan fingerprint density at radius 1 is 1.33 bits per heavy atom. The molecule has 0 aliphatic carbocycles. The maximum atomic E-state index is 11.5. The first kappa shape index (κ1) is 17.7. The Morgan fingerprint density at radius 3 is 2.67 bits per heavy atom. The number of piperidine rings is 1. The van der Waals surface area contributed by atoms with Gasteiger partial charge in [0.15, 0.2) is 5.60 Å². The minimum atomic E-state index is -1.94. The number of hydrogen-bond acceptors (Lipinski definition) is 4. The summed E-state index contributed by atoms with van der Waals surface area (Å²) in [7, 11) is 0. The number of rotatable bonds is 7. The first-order valence-corrected chi connectivity index (χ1v) is 7.54. The average Bonchev–Trinajstić information content (AvgIpc) is 2.43. The van der Waals surface area contributed by atoms with E-state index in [1.807, 2.05) is 0 Å². The minimum Gasteiger partial charge on any atom is -0.479 e. The van der Waals surface area contributed by atoms with Crippen molar-refractivity contribution in [2.75, 3.05) is 26.2 Å². The highest BCUT2D eigenvalue weighted by Crippen LogP contribution is 2.15. The predicted octanol–water partition coefficient (Wildman–Crippen LogP) is 0.386. The number of amides is 2. The molecular formula is C14H27N3O4. The first-order chi connectivity index (χ1) is 9.83. The third-order valence-electron chi connectivity index (χ3n) is 3.90. The number of carbonyl (C=O) groups is 2. The number of carbonyl (C=O) groups excluding carboxylic acids is 1. The molecule has 1 heterocycles. The van der Waals surface area contributed by atoms with Gasteiger partial charge in [0.05, 0.1) is 6.54 Å². The summed E-state index contributed by atoms with van der Waals surface area (Å²) in [6, 6.07) is 0.154. The second kappa shape index (κ2) is 8.19. The number of aliphatic hydroxyl groups is 1. The summed E-state index contributed by atoms with van der Waals surface area (Å²) in [5.74, 6) is -1.36. The monoisotopic (exact) mass is 301 g/mol. The fourth-order valence-electron chi connectivity index (χ4n) is 2.36. The lowest BCUT2D eigenvalue weighted by Gasteiger charge is -2.33. The number of urea groups is 1. The van der Waals surface area contributed by atoms with Crippen LogP contribution < -0.4 is 10.6 Å². The summed E-state index contributed by atoms with van der Waals surface area (Å²) in [5, 5.41) is 23.2. The van der Waals surface area contributed by atoms with Crippen LogP contribution in [-0.4, -0.2) is 64.9 Å². The van der Waals surface area contributed by atoms with E-state index in [2.05, 4.69) is 22.5 Å². The second-order valence-electron chi connectivity index (χ2n) is 5.92. The molecule has 7 heteroatoms. The molecule has 0 spiro atoms. The molecule has 0 saturated carbocycles. The Hall–Kier alpha value is -1.34. The molecule has 2 amide bonds. The van der Waals surface area contributed by atoms with E-state index in [0.717, 1.165) is 26.4 Å². The second-order valence-corrected chi connectivity index (χ2v) is 5.92. The van der Waals surface area contributed by atoms with Crippen LogP contribution in [-0.2, 0) is 4.79 Å². The molecule has 2 atom stereocenters. The number of carboxylic acids is 1. The van der Waals surface area contributed by atoms with Gasteiger partial charge in [-0.3, -0.25) is 0 Å². The van der Waals surface area contributed by atoms with E-state index in [4.69, 9.17) is 5.11 Å². The van der Waals surface area contributed by atoms with Crippen LogP contribution in [0.2, 0.25) is 0 Å². The standard InChI is InChI=1S/C14H27N3O4/c1-11-6-3-4-8-17(11)9-5-7-15-13(20)16-10-14(2,21)12(18)19/h11,21H,3-10H2,1-2H3,(H,18,19)(H2,15,16,20). The van der Waals surface area contributed by atoms with Gasteiger partial charge in [0.2, 0.25) is 0 Å². The van der Waals surface area contributed by atoms with Crippen molar-refractivity contribution in [2.45, 2.75) is 51.2 Å². The number of nitrogens with zero attached hydrogens (tertiary/aromatic N) is 1. The van der Waals surface area contributed by atoms with E-state index < -0.39 is 17.6 Å².